The summed E-state index contributed by atoms with van der Waals surface area (Å²) in [5.74, 6) is -1.65. The second-order valence-corrected chi connectivity index (χ2v) is 4.92. The molecule has 2 heterocycles. The zero-order chi connectivity index (χ0) is 14.6. The SMILES string of the molecule is CC.Cc1c(C(=O)O)n(SOI)c2nccc(F)c12. The highest BCUT2D eigenvalue weighted by molar-refractivity contribution is 14.1. The van der Waals surface area contributed by atoms with E-state index < -0.39 is 11.8 Å². The summed E-state index contributed by atoms with van der Waals surface area (Å²) in [6.07, 6.45) is 1.28. The van der Waals surface area contributed by atoms with Crippen LogP contribution in [0.2, 0.25) is 0 Å². The van der Waals surface area contributed by atoms with Crippen LogP contribution in [0.15, 0.2) is 12.3 Å². The molecule has 0 spiro atoms. The van der Waals surface area contributed by atoms with Gasteiger partial charge in [-0.2, -0.15) is 0 Å². The van der Waals surface area contributed by atoms with E-state index in [1.54, 1.807) is 29.9 Å². The van der Waals surface area contributed by atoms with E-state index in [-0.39, 0.29) is 16.7 Å². The quantitative estimate of drug-likeness (QED) is 0.626. The molecule has 2 aromatic heterocycles. The number of fused-ring (bicyclic) bond motifs is 1. The molecule has 2 rings (SSSR count). The Labute approximate surface area is 128 Å². The Balaban J connectivity index is 0.000000861. The fraction of sp³-hybridized carbons (Fsp3) is 0.273. The molecule has 104 valence electrons. The van der Waals surface area contributed by atoms with Crippen molar-refractivity contribution in [3.8, 4) is 0 Å². The van der Waals surface area contributed by atoms with Gasteiger partial charge in [0.15, 0.2) is 5.65 Å². The van der Waals surface area contributed by atoms with E-state index in [1.165, 1.54) is 16.2 Å². The highest BCUT2D eigenvalue weighted by Gasteiger charge is 2.23. The third kappa shape index (κ3) is 3.00. The Morgan fingerprint density at radius 1 is 1.58 bits per heavy atom. The summed E-state index contributed by atoms with van der Waals surface area (Å²) in [6.45, 7) is 5.54. The summed E-state index contributed by atoms with van der Waals surface area (Å²) in [6, 6.07) is 1.20. The number of aromatic nitrogens is 2. The van der Waals surface area contributed by atoms with Crippen molar-refractivity contribution in [3.63, 3.8) is 0 Å². The van der Waals surface area contributed by atoms with Crippen LogP contribution in [-0.4, -0.2) is 20.0 Å². The number of rotatable bonds is 3. The first-order chi connectivity index (χ1) is 9.07. The van der Waals surface area contributed by atoms with Gasteiger partial charge in [0.1, 0.15) is 46.7 Å². The average molecular weight is 398 g/mol. The molecule has 0 fully saturated rings. The summed E-state index contributed by atoms with van der Waals surface area (Å²) in [4.78, 5) is 15.1. The molecule has 8 heteroatoms. The zero-order valence-corrected chi connectivity index (χ0v) is 13.5. The molecule has 0 unspecified atom stereocenters. The molecule has 0 saturated heterocycles. The molecule has 0 bridgehead atoms. The maximum atomic E-state index is 13.6. The second kappa shape index (κ2) is 7.06. The molecule has 1 N–H and O–H groups in total. The standard InChI is InChI=1S/C9H6FIN2O3S.C2H6/c1-4-6-5(10)2-3-12-8(6)13(17-16-11)7(4)9(14)15;1-2/h2-3H,1H3,(H,14,15);1-2H3. The van der Waals surface area contributed by atoms with Gasteiger partial charge in [-0.1, -0.05) is 13.8 Å². The summed E-state index contributed by atoms with van der Waals surface area (Å²) in [5.41, 5.74) is 0.528. The number of carboxylic acids is 1. The minimum Gasteiger partial charge on any atom is -0.477 e. The van der Waals surface area contributed by atoms with Gasteiger partial charge in [0, 0.05) is 6.20 Å². The zero-order valence-electron chi connectivity index (χ0n) is 10.5. The van der Waals surface area contributed by atoms with Crippen molar-refractivity contribution in [2.45, 2.75) is 20.8 Å². The lowest BCUT2D eigenvalue weighted by atomic mass is 10.2. The van der Waals surface area contributed by atoms with Gasteiger partial charge < -0.3 is 5.11 Å². The number of nitrogens with zero attached hydrogens (tertiary/aromatic N) is 2. The summed E-state index contributed by atoms with van der Waals surface area (Å²) < 4.78 is 19.7. The van der Waals surface area contributed by atoms with Crippen LogP contribution in [0.4, 0.5) is 4.39 Å². The molecule has 5 nitrogen and oxygen atoms in total. The molecule has 0 amide bonds. The van der Waals surface area contributed by atoms with Crippen LogP contribution in [-0.2, 0) is 2.51 Å². The van der Waals surface area contributed by atoms with Crippen LogP contribution in [0.3, 0.4) is 0 Å². The predicted molar refractivity (Wildman–Crippen MR) is 80.8 cm³/mol. The van der Waals surface area contributed by atoms with E-state index in [0.717, 1.165) is 12.2 Å². The lowest BCUT2D eigenvalue weighted by Gasteiger charge is -2.01. The highest BCUT2D eigenvalue weighted by atomic mass is 127. The normalized spacial score (nSPS) is 10.2. The third-order valence-electron chi connectivity index (χ3n) is 2.31. The molecule has 19 heavy (non-hydrogen) atoms. The second-order valence-electron chi connectivity index (χ2n) is 3.20. The molecule has 0 radical (unpaired) electrons. The Hall–Kier alpha value is -0.870. The molecule has 0 aliphatic heterocycles. The van der Waals surface area contributed by atoms with Gasteiger partial charge in [-0.3, -0.25) is 0 Å². The van der Waals surface area contributed by atoms with E-state index in [1.807, 2.05) is 13.8 Å². The molecule has 2 aromatic rings. The molecular weight excluding hydrogens is 386 g/mol. The van der Waals surface area contributed by atoms with Crippen LogP contribution in [0.1, 0.15) is 29.9 Å². The van der Waals surface area contributed by atoms with Crippen molar-refractivity contribution in [2.75, 3.05) is 0 Å². The number of carboxylic acid groups (broad SMARTS) is 1. The van der Waals surface area contributed by atoms with Gasteiger partial charge in [0.25, 0.3) is 0 Å². The van der Waals surface area contributed by atoms with Gasteiger partial charge in [-0.05, 0) is 18.6 Å². The maximum Gasteiger partial charge on any atom is 0.353 e. The van der Waals surface area contributed by atoms with Crippen molar-refractivity contribution < 1.29 is 16.8 Å². The van der Waals surface area contributed by atoms with Crippen molar-refractivity contribution in [1.29, 1.82) is 0 Å². The number of halogens is 2. The van der Waals surface area contributed by atoms with E-state index in [2.05, 4.69) is 4.98 Å². The van der Waals surface area contributed by atoms with Crippen LogP contribution in [0, 0.1) is 12.7 Å². The van der Waals surface area contributed by atoms with Crippen LogP contribution in [0.25, 0.3) is 11.0 Å². The lowest BCUT2D eigenvalue weighted by Crippen LogP contribution is -2.04. The maximum absolute atomic E-state index is 13.6. The van der Waals surface area contributed by atoms with Crippen molar-refractivity contribution in [1.82, 2.24) is 8.96 Å². The fourth-order valence-electron chi connectivity index (χ4n) is 1.65. The highest BCUT2D eigenvalue weighted by Crippen LogP contribution is 2.31. The number of aryl methyl sites for hydroxylation is 1. The predicted octanol–water partition coefficient (Wildman–Crippen LogP) is 3.99. The van der Waals surface area contributed by atoms with E-state index >= 15 is 0 Å². The first-order valence-electron chi connectivity index (χ1n) is 5.42. The van der Waals surface area contributed by atoms with Crippen molar-refractivity contribution in [3.05, 3.63) is 29.3 Å². The molecule has 0 aliphatic rings. The van der Waals surface area contributed by atoms with Crippen LogP contribution >= 0.6 is 35.2 Å². The Bertz CT molecular complexity index is 603. The number of hydrogen-bond acceptors (Lipinski definition) is 4. The van der Waals surface area contributed by atoms with Gasteiger partial charge >= 0.3 is 5.97 Å². The van der Waals surface area contributed by atoms with E-state index in [9.17, 15) is 9.18 Å². The summed E-state index contributed by atoms with van der Waals surface area (Å²) in [7, 11) is 0. The average Bonchev–Trinajstić information content (AvgIpc) is 2.67. The monoisotopic (exact) mass is 398 g/mol. The van der Waals surface area contributed by atoms with Gasteiger partial charge in [-0.25, -0.2) is 20.7 Å². The molecule has 0 saturated carbocycles. The number of pyridine rings is 1. The molecule has 0 atom stereocenters. The fourth-order valence-corrected chi connectivity index (χ4v) is 2.69. The van der Waals surface area contributed by atoms with Gasteiger partial charge in [-0.15, -0.1) is 0 Å². The van der Waals surface area contributed by atoms with E-state index in [4.69, 9.17) is 7.62 Å². The topological polar surface area (TPSA) is 64.3 Å². The van der Waals surface area contributed by atoms with Gasteiger partial charge in [0.05, 0.1) is 5.39 Å². The summed E-state index contributed by atoms with van der Waals surface area (Å²) >= 11 is 2.39. The van der Waals surface area contributed by atoms with Crippen LogP contribution in [0.5, 0.6) is 0 Å². The molecule has 0 aliphatic carbocycles. The Morgan fingerprint density at radius 3 is 2.74 bits per heavy atom. The molecular formula is C11H12FIN2O3S. The lowest BCUT2D eigenvalue weighted by molar-refractivity contribution is 0.0689. The van der Waals surface area contributed by atoms with E-state index in [0.29, 0.717) is 5.56 Å². The van der Waals surface area contributed by atoms with Gasteiger partial charge in [0.2, 0.25) is 0 Å². The third-order valence-corrected chi connectivity index (χ3v) is 3.35. The van der Waals surface area contributed by atoms with Crippen molar-refractivity contribution >= 4 is 52.2 Å². The minimum atomic E-state index is -1.15. The Morgan fingerprint density at radius 2 is 2.21 bits per heavy atom. The summed E-state index contributed by atoms with van der Waals surface area (Å²) in [5, 5.41) is 9.32. The Kier molecular flexibility index (Phi) is 6.01. The first-order valence-corrected chi connectivity index (χ1v) is 7.00. The first kappa shape index (κ1) is 16.2. The largest absolute Gasteiger partial charge is 0.477 e. The number of aromatic carboxylic acids is 1. The minimum absolute atomic E-state index is 0.0423. The smallest absolute Gasteiger partial charge is 0.353 e. The van der Waals surface area contributed by atoms with Crippen molar-refractivity contribution in [2.24, 2.45) is 0 Å². The molecule has 0 aromatic carbocycles. The number of carbonyl (C=O) groups is 1. The van der Waals surface area contributed by atoms with Crippen LogP contribution < -0.4 is 0 Å². The number of hydrogen-bond donors (Lipinski definition) is 1.